The highest BCUT2D eigenvalue weighted by atomic mass is 16.2. The molecule has 1 aliphatic heterocycles. The Morgan fingerprint density at radius 2 is 1.76 bits per heavy atom. The molecule has 2 heterocycles. The molecule has 3 aromatic rings. The lowest BCUT2D eigenvalue weighted by molar-refractivity contribution is -0.134. The van der Waals surface area contributed by atoms with Gasteiger partial charge in [-0.15, -0.1) is 0 Å². The molecule has 1 aliphatic rings. The van der Waals surface area contributed by atoms with Crippen LogP contribution in [0.15, 0.2) is 54.7 Å². The van der Waals surface area contributed by atoms with Crippen molar-refractivity contribution < 1.29 is 9.59 Å². The van der Waals surface area contributed by atoms with Gasteiger partial charge in [-0.25, -0.2) is 0 Å². The molecule has 4 rings (SSSR count). The van der Waals surface area contributed by atoms with Gasteiger partial charge in [0.15, 0.2) is 0 Å². The molecule has 0 spiro atoms. The summed E-state index contributed by atoms with van der Waals surface area (Å²) in [5.74, 6) is -0.198. The maximum Gasteiger partial charge on any atom is 0.251 e. The summed E-state index contributed by atoms with van der Waals surface area (Å²) in [7, 11) is 0. The lowest BCUT2D eigenvalue weighted by atomic mass is 10.0. The Morgan fingerprint density at radius 1 is 1.03 bits per heavy atom. The van der Waals surface area contributed by atoms with E-state index in [1.807, 2.05) is 54.4 Å². The summed E-state index contributed by atoms with van der Waals surface area (Å²) in [6.45, 7) is 3.52. The first-order valence-corrected chi connectivity index (χ1v) is 10.3. The number of benzene rings is 2. The van der Waals surface area contributed by atoms with E-state index in [9.17, 15) is 9.59 Å². The van der Waals surface area contributed by atoms with Crippen LogP contribution in [-0.4, -0.2) is 40.8 Å². The number of nitrogens with one attached hydrogen (secondary N) is 2. The summed E-state index contributed by atoms with van der Waals surface area (Å²) in [6.07, 6.45) is 5.62. The van der Waals surface area contributed by atoms with Crippen molar-refractivity contribution in [2.45, 2.75) is 38.6 Å². The number of carbonyl (C=O) groups is 2. The number of aromatic nitrogens is 1. The minimum atomic E-state index is -0.582. The van der Waals surface area contributed by atoms with E-state index in [1.54, 1.807) is 12.1 Å². The Balaban J connectivity index is 1.58. The molecule has 0 bridgehead atoms. The van der Waals surface area contributed by atoms with Gasteiger partial charge in [0.05, 0.1) is 0 Å². The molecule has 0 aliphatic carbocycles. The van der Waals surface area contributed by atoms with Crippen molar-refractivity contribution in [2.75, 3.05) is 13.1 Å². The Morgan fingerprint density at radius 3 is 2.52 bits per heavy atom. The zero-order valence-corrected chi connectivity index (χ0v) is 16.8. The number of nitrogens with zero attached hydrogens (tertiary/aromatic N) is 1. The predicted molar refractivity (Wildman–Crippen MR) is 115 cm³/mol. The van der Waals surface area contributed by atoms with Crippen LogP contribution in [0.2, 0.25) is 0 Å². The van der Waals surface area contributed by atoms with Crippen LogP contribution in [0.25, 0.3) is 10.9 Å². The van der Waals surface area contributed by atoms with E-state index < -0.39 is 6.04 Å². The molecule has 5 nitrogen and oxygen atoms in total. The van der Waals surface area contributed by atoms with Crippen molar-refractivity contribution in [3.8, 4) is 0 Å². The summed E-state index contributed by atoms with van der Waals surface area (Å²) in [6, 6.07) is 14.9. The number of fused-ring (bicyclic) bond motifs is 1. The number of carbonyl (C=O) groups excluding carboxylic acids is 2. The third kappa shape index (κ3) is 4.34. The van der Waals surface area contributed by atoms with Gasteiger partial charge in [-0.3, -0.25) is 9.59 Å². The monoisotopic (exact) mass is 389 g/mol. The van der Waals surface area contributed by atoms with Gasteiger partial charge in [0.1, 0.15) is 6.04 Å². The van der Waals surface area contributed by atoms with Crippen LogP contribution in [0.5, 0.6) is 0 Å². The van der Waals surface area contributed by atoms with E-state index in [2.05, 4.69) is 10.3 Å². The summed E-state index contributed by atoms with van der Waals surface area (Å²) in [5, 5.41) is 4.10. The third-order valence-electron chi connectivity index (χ3n) is 5.68. The first kappa shape index (κ1) is 19.2. The number of likely N-dealkylation sites (tertiary alicyclic amines) is 1. The first-order chi connectivity index (χ1) is 14.1. The number of para-hydroxylation sites is 1. The third-order valence-corrected chi connectivity index (χ3v) is 5.68. The largest absolute Gasteiger partial charge is 0.361 e. The second kappa shape index (κ2) is 8.52. The molecule has 0 unspecified atom stereocenters. The van der Waals surface area contributed by atoms with Crippen LogP contribution in [0.3, 0.4) is 0 Å². The smallest absolute Gasteiger partial charge is 0.251 e. The van der Waals surface area contributed by atoms with Crippen LogP contribution in [0, 0.1) is 6.92 Å². The van der Waals surface area contributed by atoms with Crippen LogP contribution < -0.4 is 5.32 Å². The minimum absolute atomic E-state index is 0.00967. The van der Waals surface area contributed by atoms with Gasteiger partial charge < -0.3 is 15.2 Å². The van der Waals surface area contributed by atoms with Gasteiger partial charge in [0, 0.05) is 42.2 Å². The zero-order valence-electron chi connectivity index (χ0n) is 16.8. The molecule has 2 aromatic carbocycles. The van der Waals surface area contributed by atoms with Crippen LogP contribution >= 0.6 is 0 Å². The highest BCUT2D eigenvalue weighted by Crippen LogP contribution is 2.20. The Kier molecular flexibility index (Phi) is 5.65. The zero-order chi connectivity index (χ0) is 20.2. The fraction of sp³-hybridized carbons (Fsp3) is 0.333. The number of piperidine rings is 1. The Bertz CT molecular complexity index is 1000. The normalized spacial score (nSPS) is 15.3. The van der Waals surface area contributed by atoms with Gasteiger partial charge in [0.25, 0.3) is 5.91 Å². The maximum atomic E-state index is 13.3. The maximum absolute atomic E-state index is 13.3. The van der Waals surface area contributed by atoms with Gasteiger partial charge in [0.2, 0.25) is 5.91 Å². The Labute approximate surface area is 171 Å². The quantitative estimate of drug-likeness (QED) is 0.696. The summed E-state index contributed by atoms with van der Waals surface area (Å²) in [5.41, 5.74) is 3.75. The average Bonchev–Trinajstić information content (AvgIpc) is 3.17. The van der Waals surface area contributed by atoms with Crippen molar-refractivity contribution in [2.24, 2.45) is 0 Å². The molecule has 1 saturated heterocycles. The molecule has 5 heteroatoms. The summed E-state index contributed by atoms with van der Waals surface area (Å²) >= 11 is 0. The van der Waals surface area contributed by atoms with Crippen molar-refractivity contribution in [1.82, 2.24) is 15.2 Å². The number of aryl methyl sites for hydroxylation is 1. The average molecular weight is 389 g/mol. The van der Waals surface area contributed by atoms with E-state index in [0.29, 0.717) is 12.0 Å². The molecule has 1 fully saturated rings. The van der Waals surface area contributed by atoms with Crippen molar-refractivity contribution >= 4 is 22.7 Å². The van der Waals surface area contributed by atoms with E-state index in [-0.39, 0.29) is 11.8 Å². The highest BCUT2D eigenvalue weighted by Gasteiger charge is 2.28. The predicted octanol–water partition coefficient (Wildman–Crippen LogP) is 3.83. The molecule has 1 atom stereocenters. The second-order valence-corrected chi connectivity index (χ2v) is 7.84. The molecule has 0 radical (unpaired) electrons. The second-order valence-electron chi connectivity index (χ2n) is 7.84. The molecule has 1 aromatic heterocycles. The fourth-order valence-electron chi connectivity index (χ4n) is 4.00. The van der Waals surface area contributed by atoms with Crippen LogP contribution in [-0.2, 0) is 11.2 Å². The SMILES string of the molecule is Cc1ccc(C(=O)N[C@@H](Cc2c[nH]c3ccccc23)C(=O)N2CCCCC2)cc1. The van der Waals surface area contributed by atoms with Gasteiger partial charge in [-0.2, -0.15) is 0 Å². The van der Waals surface area contributed by atoms with Gasteiger partial charge in [-0.1, -0.05) is 35.9 Å². The number of aromatic amines is 1. The van der Waals surface area contributed by atoms with Crippen LogP contribution in [0.4, 0.5) is 0 Å². The van der Waals surface area contributed by atoms with E-state index in [0.717, 1.165) is 54.4 Å². The molecular weight excluding hydrogens is 362 g/mol. The molecule has 29 heavy (non-hydrogen) atoms. The molecular formula is C24H27N3O2. The highest BCUT2D eigenvalue weighted by molar-refractivity contribution is 5.98. The van der Waals surface area contributed by atoms with Crippen molar-refractivity contribution in [3.05, 3.63) is 71.4 Å². The number of hydrogen-bond donors (Lipinski definition) is 2. The van der Waals surface area contributed by atoms with Gasteiger partial charge in [-0.05, 0) is 49.9 Å². The minimum Gasteiger partial charge on any atom is -0.361 e. The Hall–Kier alpha value is -3.08. The number of H-pyrrole nitrogens is 1. The van der Waals surface area contributed by atoms with E-state index >= 15 is 0 Å². The molecule has 2 N–H and O–H groups in total. The lowest BCUT2D eigenvalue weighted by Crippen LogP contribution is -2.51. The molecule has 150 valence electrons. The topological polar surface area (TPSA) is 65.2 Å². The summed E-state index contributed by atoms with van der Waals surface area (Å²) in [4.78, 5) is 31.3. The lowest BCUT2D eigenvalue weighted by Gasteiger charge is -2.30. The number of hydrogen-bond acceptors (Lipinski definition) is 2. The number of amides is 2. The van der Waals surface area contributed by atoms with E-state index in [4.69, 9.17) is 0 Å². The number of rotatable bonds is 5. The molecule has 2 amide bonds. The van der Waals surface area contributed by atoms with Crippen LogP contribution in [0.1, 0.15) is 40.7 Å². The first-order valence-electron chi connectivity index (χ1n) is 10.3. The van der Waals surface area contributed by atoms with Crippen molar-refractivity contribution in [3.63, 3.8) is 0 Å². The van der Waals surface area contributed by atoms with E-state index in [1.165, 1.54) is 0 Å². The summed E-state index contributed by atoms with van der Waals surface area (Å²) < 4.78 is 0. The van der Waals surface area contributed by atoms with Crippen molar-refractivity contribution in [1.29, 1.82) is 0 Å². The fourth-order valence-corrected chi connectivity index (χ4v) is 4.00. The molecule has 0 saturated carbocycles. The standard InChI is InChI=1S/C24H27N3O2/c1-17-9-11-18(12-10-17)23(28)26-22(24(29)27-13-5-2-6-14-27)15-19-16-25-21-8-4-3-7-20(19)21/h3-4,7-12,16,22,25H,2,5-6,13-15H2,1H3,(H,26,28)/t22-/m0/s1. The van der Waals surface area contributed by atoms with Gasteiger partial charge >= 0.3 is 0 Å².